The summed E-state index contributed by atoms with van der Waals surface area (Å²) in [4.78, 5) is 7.78. The molecule has 1 aliphatic heterocycles. The van der Waals surface area contributed by atoms with Crippen molar-refractivity contribution in [1.82, 2.24) is 4.98 Å². The molecule has 0 spiro atoms. The Morgan fingerprint density at radius 1 is 1.33 bits per heavy atom. The van der Waals surface area contributed by atoms with Gasteiger partial charge in [0.15, 0.2) is 0 Å². The van der Waals surface area contributed by atoms with Gasteiger partial charge in [-0.15, -0.1) is 0 Å². The first-order valence-electron chi connectivity index (χ1n) is 6.74. The zero-order valence-corrected chi connectivity index (χ0v) is 10.5. The number of nitrogens with zero attached hydrogens (tertiary/aromatic N) is 1. The van der Waals surface area contributed by atoms with Crippen molar-refractivity contribution in [1.29, 1.82) is 0 Å². The van der Waals surface area contributed by atoms with Gasteiger partial charge in [-0.05, 0) is 44.1 Å². The van der Waals surface area contributed by atoms with Gasteiger partial charge in [0.05, 0.1) is 17.6 Å². The predicted octanol–water partition coefficient (Wildman–Crippen LogP) is 2.85. The average molecular weight is 241 g/mol. The van der Waals surface area contributed by atoms with Crippen LogP contribution < -0.4 is 5.73 Å². The van der Waals surface area contributed by atoms with E-state index < -0.39 is 0 Å². The van der Waals surface area contributed by atoms with Crippen molar-refractivity contribution in [3.8, 4) is 0 Å². The van der Waals surface area contributed by atoms with Crippen LogP contribution in [0, 0.1) is 5.92 Å². The number of aromatic nitrogens is 1. The van der Waals surface area contributed by atoms with Gasteiger partial charge in [0.2, 0.25) is 0 Å². The minimum absolute atomic E-state index is 0.418. The first kappa shape index (κ1) is 11.5. The fraction of sp³-hybridized carbons (Fsp3) is 0.467. The minimum Gasteiger partial charge on any atom is -0.361 e. The van der Waals surface area contributed by atoms with Gasteiger partial charge in [-0.2, -0.15) is 0 Å². The molecule has 3 N–H and O–H groups in total. The summed E-state index contributed by atoms with van der Waals surface area (Å²) >= 11 is 0. The standard InChI is InChI=1S/C15H19N3/c16-12-5-3-11(4-6-12)10-15-13-7-9-18-14(13)2-1-8-17-15/h2,7-9,11-12,18H,3-6,10,16H2. The van der Waals surface area contributed by atoms with Gasteiger partial charge in [0, 0.05) is 23.9 Å². The summed E-state index contributed by atoms with van der Waals surface area (Å²) in [5.41, 5.74) is 12.6. The van der Waals surface area contributed by atoms with Crippen LogP contribution in [-0.4, -0.2) is 16.7 Å². The molecular weight excluding hydrogens is 222 g/mol. The Bertz CT molecular complexity index is 510. The lowest BCUT2D eigenvalue weighted by Gasteiger charge is -2.26. The fourth-order valence-electron chi connectivity index (χ4n) is 2.89. The zero-order chi connectivity index (χ0) is 12.4. The lowest BCUT2D eigenvalue weighted by molar-refractivity contribution is 0.334. The van der Waals surface area contributed by atoms with Crippen molar-refractivity contribution in [3.05, 3.63) is 35.5 Å². The maximum Gasteiger partial charge on any atom is 0.0690 e. The average Bonchev–Trinajstić information content (AvgIpc) is 2.76. The molecule has 2 aliphatic rings. The van der Waals surface area contributed by atoms with Crippen molar-refractivity contribution in [2.24, 2.45) is 16.6 Å². The molecule has 0 atom stereocenters. The van der Waals surface area contributed by atoms with E-state index in [0.29, 0.717) is 6.04 Å². The van der Waals surface area contributed by atoms with Crippen LogP contribution in [0.1, 0.15) is 43.4 Å². The highest BCUT2D eigenvalue weighted by atomic mass is 14.7. The number of aliphatic imine (C=N–C) groups is 1. The van der Waals surface area contributed by atoms with Crippen molar-refractivity contribution in [3.63, 3.8) is 0 Å². The van der Waals surface area contributed by atoms with Crippen LogP contribution in [0.3, 0.4) is 0 Å². The molecule has 3 heteroatoms. The van der Waals surface area contributed by atoms with Crippen LogP contribution in [0.2, 0.25) is 0 Å². The Morgan fingerprint density at radius 2 is 2.17 bits per heavy atom. The molecule has 1 aliphatic carbocycles. The van der Waals surface area contributed by atoms with E-state index in [0.717, 1.165) is 30.9 Å². The number of hydrogen-bond acceptors (Lipinski definition) is 2. The van der Waals surface area contributed by atoms with E-state index in [9.17, 15) is 0 Å². The molecule has 1 aromatic rings. The molecule has 94 valence electrons. The predicted molar refractivity (Wildman–Crippen MR) is 74.4 cm³/mol. The topological polar surface area (TPSA) is 54.2 Å². The van der Waals surface area contributed by atoms with Gasteiger partial charge in [-0.3, -0.25) is 4.99 Å². The Hall–Kier alpha value is -1.57. The Balaban J connectivity index is 1.75. The molecule has 18 heavy (non-hydrogen) atoms. The van der Waals surface area contributed by atoms with Crippen LogP contribution in [0.4, 0.5) is 0 Å². The van der Waals surface area contributed by atoms with Crippen molar-refractivity contribution in [2.45, 2.75) is 38.1 Å². The molecule has 3 rings (SSSR count). The number of fused-ring (bicyclic) bond motifs is 1. The first-order valence-corrected chi connectivity index (χ1v) is 6.74. The van der Waals surface area contributed by atoms with Gasteiger partial charge >= 0.3 is 0 Å². The highest BCUT2D eigenvalue weighted by Gasteiger charge is 2.21. The van der Waals surface area contributed by atoms with Gasteiger partial charge in [0.25, 0.3) is 0 Å². The monoisotopic (exact) mass is 241 g/mol. The van der Waals surface area contributed by atoms with E-state index in [4.69, 9.17) is 5.73 Å². The number of nitrogens with one attached hydrogen (secondary N) is 1. The SMILES string of the molecule is NC1CCC(CC2=NC=C=Cc3[nH]ccc32)CC1. The Kier molecular flexibility index (Phi) is 3.18. The molecule has 3 nitrogen and oxygen atoms in total. The third-order valence-corrected chi connectivity index (χ3v) is 3.99. The van der Waals surface area contributed by atoms with Gasteiger partial charge in [-0.25, -0.2) is 0 Å². The maximum absolute atomic E-state index is 5.96. The van der Waals surface area contributed by atoms with Crippen molar-refractivity contribution < 1.29 is 0 Å². The molecule has 0 radical (unpaired) electrons. The summed E-state index contributed by atoms with van der Waals surface area (Å²) in [7, 11) is 0. The summed E-state index contributed by atoms with van der Waals surface area (Å²) < 4.78 is 0. The molecule has 0 amide bonds. The molecule has 0 saturated heterocycles. The van der Waals surface area contributed by atoms with E-state index >= 15 is 0 Å². The number of hydrogen-bond donors (Lipinski definition) is 2. The third-order valence-electron chi connectivity index (χ3n) is 3.99. The van der Waals surface area contributed by atoms with E-state index in [1.807, 2.05) is 12.3 Å². The van der Waals surface area contributed by atoms with Crippen molar-refractivity contribution >= 4 is 11.8 Å². The highest BCUT2D eigenvalue weighted by Crippen LogP contribution is 2.28. The van der Waals surface area contributed by atoms with Crippen molar-refractivity contribution in [2.75, 3.05) is 0 Å². The summed E-state index contributed by atoms with van der Waals surface area (Å²) in [5.74, 6) is 0.734. The third kappa shape index (κ3) is 2.33. The molecule has 0 aromatic carbocycles. The van der Waals surface area contributed by atoms with Crippen LogP contribution in [0.15, 0.2) is 29.2 Å². The lowest BCUT2D eigenvalue weighted by atomic mass is 9.82. The molecule has 1 fully saturated rings. The molecule has 0 unspecified atom stereocenters. The quantitative estimate of drug-likeness (QED) is 0.769. The number of rotatable bonds is 2. The van der Waals surface area contributed by atoms with E-state index in [1.165, 1.54) is 24.1 Å². The molecule has 1 aromatic heterocycles. The largest absolute Gasteiger partial charge is 0.361 e. The van der Waals surface area contributed by atoms with Crippen LogP contribution in [0.5, 0.6) is 0 Å². The molecular formula is C15H19N3. The number of nitrogens with two attached hydrogens (primary N) is 1. The summed E-state index contributed by atoms with van der Waals surface area (Å²) in [6.07, 6.45) is 11.6. The fourth-order valence-corrected chi connectivity index (χ4v) is 2.89. The van der Waals surface area contributed by atoms with Gasteiger partial charge < -0.3 is 10.7 Å². The number of aromatic amines is 1. The van der Waals surface area contributed by atoms with E-state index in [1.54, 1.807) is 6.20 Å². The lowest BCUT2D eigenvalue weighted by Crippen LogP contribution is -2.27. The molecule has 0 bridgehead atoms. The van der Waals surface area contributed by atoms with Crippen LogP contribution in [-0.2, 0) is 0 Å². The summed E-state index contributed by atoms with van der Waals surface area (Å²) in [5, 5.41) is 0. The van der Waals surface area contributed by atoms with Crippen LogP contribution in [0.25, 0.3) is 6.08 Å². The first-order chi connectivity index (χ1) is 8.83. The Labute approximate surface area is 107 Å². The second-order valence-corrected chi connectivity index (χ2v) is 5.31. The highest BCUT2D eigenvalue weighted by molar-refractivity contribution is 6.04. The zero-order valence-electron chi connectivity index (χ0n) is 10.5. The molecule has 2 heterocycles. The summed E-state index contributed by atoms with van der Waals surface area (Å²) in [6.45, 7) is 0. The second kappa shape index (κ2) is 4.97. The maximum atomic E-state index is 5.96. The van der Waals surface area contributed by atoms with Gasteiger partial charge in [-0.1, -0.05) is 5.73 Å². The van der Waals surface area contributed by atoms with E-state index in [-0.39, 0.29) is 0 Å². The normalized spacial score (nSPS) is 26.6. The molecule has 1 saturated carbocycles. The summed E-state index contributed by atoms with van der Waals surface area (Å²) in [6, 6.07) is 2.53. The van der Waals surface area contributed by atoms with Gasteiger partial charge in [0.1, 0.15) is 0 Å². The van der Waals surface area contributed by atoms with E-state index in [2.05, 4.69) is 21.8 Å². The number of H-pyrrole nitrogens is 1. The second-order valence-electron chi connectivity index (χ2n) is 5.31. The minimum atomic E-state index is 0.418. The smallest absolute Gasteiger partial charge is 0.0690 e. The Morgan fingerprint density at radius 3 is 3.00 bits per heavy atom. The van der Waals surface area contributed by atoms with Crippen LogP contribution >= 0.6 is 0 Å².